The van der Waals surface area contributed by atoms with E-state index in [1.807, 2.05) is 0 Å². The zero-order valence-corrected chi connectivity index (χ0v) is 12.6. The molecule has 100 valence electrons. The van der Waals surface area contributed by atoms with E-state index in [1.54, 1.807) is 0 Å². The summed E-state index contributed by atoms with van der Waals surface area (Å²) in [7, 11) is 0. The molecule has 1 saturated heterocycles. The third kappa shape index (κ3) is 3.72. The lowest BCUT2D eigenvalue weighted by atomic mass is 9.76. The van der Waals surface area contributed by atoms with Gasteiger partial charge in [0.15, 0.2) is 0 Å². The van der Waals surface area contributed by atoms with E-state index in [0.29, 0.717) is 18.0 Å². The lowest BCUT2D eigenvalue weighted by molar-refractivity contribution is -0.134. The Morgan fingerprint density at radius 2 is 1.76 bits per heavy atom. The van der Waals surface area contributed by atoms with Crippen LogP contribution in [0.15, 0.2) is 0 Å². The van der Waals surface area contributed by atoms with E-state index in [-0.39, 0.29) is 10.8 Å². The van der Waals surface area contributed by atoms with Gasteiger partial charge in [0.25, 0.3) is 0 Å². The normalized spacial score (nSPS) is 24.3. The molecule has 0 spiro atoms. The van der Waals surface area contributed by atoms with Gasteiger partial charge in [-0.05, 0) is 30.6 Å². The zero-order valence-electron chi connectivity index (χ0n) is 12.6. The molecule has 0 aromatic heterocycles. The smallest absolute Gasteiger partial charge is 0.223 e. The molecule has 1 heterocycles. The van der Waals surface area contributed by atoms with E-state index in [4.69, 9.17) is 0 Å². The van der Waals surface area contributed by atoms with Crippen LogP contribution in [0.4, 0.5) is 0 Å². The van der Waals surface area contributed by atoms with Gasteiger partial charge < -0.3 is 4.90 Å². The van der Waals surface area contributed by atoms with Crippen molar-refractivity contribution in [3.05, 3.63) is 0 Å². The quantitative estimate of drug-likeness (QED) is 0.717. The second-order valence-corrected chi connectivity index (χ2v) is 7.84. The molecule has 0 aromatic rings. The molecule has 0 aliphatic carbocycles. The Morgan fingerprint density at radius 1 is 1.24 bits per heavy atom. The van der Waals surface area contributed by atoms with E-state index in [2.05, 4.69) is 53.4 Å². The summed E-state index contributed by atoms with van der Waals surface area (Å²) in [6, 6.07) is 0.765. The first kappa shape index (κ1) is 14.5. The molecule has 2 heteroatoms. The number of carbonyl (C=O) groups is 1. The van der Waals surface area contributed by atoms with Crippen LogP contribution in [0.2, 0.25) is 0 Å². The molecule has 0 aromatic carbocycles. The third-order valence-electron chi connectivity index (χ3n) is 3.68. The van der Waals surface area contributed by atoms with Gasteiger partial charge in [-0.25, -0.2) is 0 Å². The van der Waals surface area contributed by atoms with Crippen molar-refractivity contribution < 1.29 is 4.79 Å². The van der Waals surface area contributed by atoms with Crippen LogP contribution in [-0.4, -0.2) is 22.9 Å². The summed E-state index contributed by atoms with van der Waals surface area (Å²) in [5.41, 5.74) is 0.419. The number of rotatable bonds is 2. The number of amides is 1. The molecule has 1 aliphatic rings. The molecule has 17 heavy (non-hydrogen) atoms. The predicted octanol–water partition coefficient (Wildman–Crippen LogP) is 3.85. The van der Waals surface area contributed by atoms with Gasteiger partial charge in [-0.1, -0.05) is 41.5 Å². The molecular weight excluding hydrogens is 210 g/mol. The first-order valence-electron chi connectivity index (χ1n) is 6.83. The van der Waals surface area contributed by atoms with Gasteiger partial charge in [0.05, 0.1) is 0 Å². The average molecular weight is 239 g/mol. The lowest BCUT2D eigenvalue weighted by Crippen LogP contribution is -2.49. The highest BCUT2D eigenvalue weighted by Gasteiger charge is 2.40. The minimum Gasteiger partial charge on any atom is -0.336 e. The van der Waals surface area contributed by atoms with Crippen molar-refractivity contribution in [3.63, 3.8) is 0 Å². The van der Waals surface area contributed by atoms with Crippen LogP contribution < -0.4 is 0 Å². The summed E-state index contributed by atoms with van der Waals surface area (Å²) in [5.74, 6) is 0.349. The van der Waals surface area contributed by atoms with Crippen LogP contribution in [0.3, 0.4) is 0 Å². The molecule has 1 fully saturated rings. The van der Waals surface area contributed by atoms with E-state index in [9.17, 15) is 4.79 Å². The van der Waals surface area contributed by atoms with Crippen molar-refractivity contribution in [1.82, 2.24) is 4.90 Å². The first-order chi connectivity index (χ1) is 7.52. The van der Waals surface area contributed by atoms with Crippen LogP contribution in [0, 0.1) is 10.8 Å². The summed E-state index contributed by atoms with van der Waals surface area (Å²) in [6.07, 6.45) is 2.83. The van der Waals surface area contributed by atoms with E-state index >= 15 is 0 Å². The molecule has 2 nitrogen and oxygen atoms in total. The number of carbonyl (C=O) groups excluding carboxylic acids is 1. The molecule has 0 saturated carbocycles. The second kappa shape index (κ2) is 4.62. The Kier molecular flexibility index (Phi) is 3.95. The Morgan fingerprint density at radius 3 is 2.06 bits per heavy atom. The molecule has 1 unspecified atom stereocenters. The van der Waals surface area contributed by atoms with Gasteiger partial charge in [-0.15, -0.1) is 0 Å². The van der Waals surface area contributed by atoms with Gasteiger partial charge in [-0.3, -0.25) is 4.79 Å². The standard InChI is InChI=1S/C15H29NO/c1-11-8-9-13(17)16(11)12(15(5,6)7)10-14(2,3)4/h11-12H,8-10H2,1-7H3/t11-,12?/m0/s1. The highest BCUT2D eigenvalue weighted by Crippen LogP contribution is 2.37. The van der Waals surface area contributed by atoms with E-state index in [0.717, 1.165) is 19.3 Å². The summed E-state index contributed by atoms with van der Waals surface area (Å²) < 4.78 is 0. The van der Waals surface area contributed by atoms with Crippen molar-refractivity contribution in [3.8, 4) is 0 Å². The maximum Gasteiger partial charge on any atom is 0.223 e. The topological polar surface area (TPSA) is 20.3 Å². The van der Waals surface area contributed by atoms with E-state index < -0.39 is 0 Å². The van der Waals surface area contributed by atoms with Crippen molar-refractivity contribution in [2.24, 2.45) is 10.8 Å². The summed E-state index contributed by atoms with van der Waals surface area (Å²) in [5, 5.41) is 0. The second-order valence-electron chi connectivity index (χ2n) is 7.84. The van der Waals surface area contributed by atoms with Gasteiger partial charge >= 0.3 is 0 Å². The molecule has 0 bridgehead atoms. The van der Waals surface area contributed by atoms with Crippen molar-refractivity contribution in [1.29, 1.82) is 0 Å². The van der Waals surface area contributed by atoms with Gasteiger partial charge in [0.2, 0.25) is 5.91 Å². The Balaban J connectivity index is 2.94. The highest BCUT2D eigenvalue weighted by atomic mass is 16.2. The third-order valence-corrected chi connectivity index (χ3v) is 3.68. The lowest BCUT2D eigenvalue weighted by Gasteiger charge is -2.43. The molecule has 1 aliphatic heterocycles. The summed E-state index contributed by atoms with van der Waals surface area (Å²) in [6.45, 7) is 15.7. The van der Waals surface area contributed by atoms with Gasteiger partial charge in [-0.2, -0.15) is 0 Å². The average Bonchev–Trinajstić information content (AvgIpc) is 2.39. The first-order valence-corrected chi connectivity index (χ1v) is 6.83. The summed E-state index contributed by atoms with van der Waals surface area (Å²) in [4.78, 5) is 14.2. The largest absolute Gasteiger partial charge is 0.336 e. The van der Waals surface area contributed by atoms with E-state index in [1.165, 1.54) is 0 Å². The molecule has 1 amide bonds. The fourth-order valence-corrected chi connectivity index (χ4v) is 2.73. The Labute approximate surface area is 107 Å². The maximum absolute atomic E-state index is 12.1. The molecule has 0 N–H and O–H groups in total. The fourth-order valence-electron chi connectivity index (χ4n) is 2.73. The minimum absolute atomic E-state index is 0.154. The van der Waals surface area contributed by atoms with Crippen LogP contribution in [-0.2, 0) is 4.79 Å². The van der Waals surface area contributed by atoms with Crippen molar-refractivity contribution in [2.75, 3.05) is 0 Å². The molecule has 0 radical (unpaired) electrons. The summed E-state index contributed by atoms with van der Waals surface area (Å²) >= 11 is 0. The van der Waals surface area contributed by atoms with Crippen LogP contribution in [0.25, 0.3) is 0 Å². The van der Waals surface area contributed by atoms with Gasteiger partial charge in [0, 0.05) is 18.5 Å². The molecule has 1 rings (SSSR count). The van der Waals surface area contributed by atoms with Crippen LogP contribution >= 0.6 is 0 Å². The zero-order chi connectivity index (χ0) is 13.4. The number of nitrogens with zero attached hydrogens (tertiary/aromatic N) is 1. The van der Waals surface area contributed by atoms with Crippen molar-refractivity contribution >= 4 is 5.91 Å². The molecular formula is C15H29NO. The van der Waals surface area contributed by atoms with Gasteiger partial charge in [0.1, 0.15) is 0 Å². The van der Waals surface area contributed by atoms with Crippen molar-refractivity contribution in [2.45, 2.75) is 79.8 Å². The number of likely N-dealkylation sites (tertiary alicyclic amines) is 1. The SMILES string of the molecule is C[C@H]1CCC(=O)N1C(CC(C)(C)C)C(C)(C)C. The monoisotopic (exact) mass is 239 g/mol. The number of hydrogen-bond donors (Lipinski definition) is 0. The van der Waals surface area contributed by atoms with Crippen LogP contribution in [0.5, 0.6) is 0 Å². The minimum atomic E-state index is 0.154. The molecule has 2 atom stereocenters. The number of hydrogen-bond acceptors (Lipinski definition) is 1. The highest BCUT2D eigenvalue weighted by molar-refractivity contribution is 5.79. The Hall–Kier alpha value is -0.530. The predicted molar refractivity (Wildman–Crippen MR) is 72.9 cm³/mol. The van der Waals surface area contributed by atoms with Crippen LogP contribution in [0.1, 0.15) is 67.7 Å². The maximum atomic E-state index is 12.1. The fraction of sp³-hybridized carbons (Fsp3) is 0.933. The Bertz CT molecular complexity index is 282.